The number of anilines is 1. The van der Waals surface area contributed by atoms with Gasteiger partial charge in [-0.1, -0.05) is 13.3 Å². The lowest BCUT2D eigenvalue weighted by Crippen LogP contribution is -2.40. The SMILES string of the molecule is CCNc1cc(C(=O)NCC2(C)CCC2)cc(C)n1. The molecule has 1 aliphatic carbocycles. The summed E-state index contributed by atoms with van der Waals surface area (Å²) in [5.74, 6) is 0.764. The Morgan fingerprint density at radius 1 is 1.42 bits per heavy atom. The van der Waals surface area contributed by atoms with Crippen LogP contribution in [0.25, 0.3) is 0 Å². The molecule has 4 heteroatoms. The summed E-state index contributed by atoms with van der Waals surface area (Å²) in [6.45, 7) is 7.73. The summed E-state index contributed by atoms with van der Waals surface area (Å²) in [7, 11) is 0. The van der Waals surface area contributed by atoms with Gasteiger partial charge < -0.3 is 10.6 Å². The van der Waals surface area contributed by atoms with Crippen LogP contribution in [0.5, 0.6) is 0 Å². The number of hydrogen-bond donors (Lipinski definition) is 2. The molecule has 1 aliphatic rings. The molecule has 104 valence electrons. The topological polar surface area (TPSA) is 54.0 Å². The average molecular weight is 261 g/mol. The van der Waals surface area contributed by atoms with Crippen LogP contribution in [0, 0.1) is 12.3 Å². The first-order chi connectivity index (χ1) is 9.02. The molecule has 1 aromatic heterocycles. The quantitative estimate of drug-likeness (QED) is 0.857. The number of pyridine rings is 1. The van der Waals surface area contributed by atoms with Crippen molar-refractivity contribution in [2.24, 2.45) is 5.41 Å². The van der Waals surface area contributed by atoms with Crippen LogP contribution in [0.15, 0.2) is 12.1 Å². The Morgan fingerprint density at radius 2 is 2.16 bits per heavy atom. The van der Waals surface area contributed by atoms with E-state index >= 15 is 0 Å². The maximum atomic E-state index is 12.2. The molecule has 1 aromatic rings. The number of aryl methyl sites for hydroxylation is 1. The molecule has 0 saturated heterocycles. The number of carbonyl (C=O) groups is 1. The van der Waals surface area contributed by atoms with Crippen LogP contribution >= 0.6 is 0 Å². The molecule has 1 amide bonds. The second-order valence-corrected chi connectivity index (χ2v) is 5.76. The maximum Gasteiger partial charge on any atom is 0.251 e. The normalized spacial score (nSPS) is 16.6. The monoisotopic (exact) mass is 261 g/mol. The Bertz CT molecular complexity index is 466. The number of hydrogen-bond acceptors (Lipinski definition) is 3. The highest BCUT2D eigenvalue weighted by molar-refractivity contribution is 5.95. The van der Waals surface area contributed by atoms with E-state index in [1.54, 1.807) is 0 Å². The molecule has 0 atom stereocenters. The predicted molar refractivity (Wildman–Crippen MR) is 77.4 cm³/mol. The fourth-order valence-corrected chi connectivity index (χ4v) is 2.42. The number of carbonyl (C=O) groups excluding carboxylic acids is 1. The number of rotatable bonds is 5. The van der Waals surface area contributed by atoms with E-state index in [0.29, 0.717) is 11.0 Å². The molecule has 0 aliphatic heterocycles. The van der Waals surface area contributed by atoms with Crippen LogP contribution < -0.4 is 10.6 Å². The van der Waals surface area contributed by atoms with Gasteiger partial charge in [0, 0.05) is 24.3 Å². The van der Waals surface area contributed by atoms with Gasteiger partial charge in [-0.3, -0.25) is 4.79 Å². The third-order valence-electron chi connectivity index (χ3n) is 3.81. The predicted octanol–water partition coefficient (Wildman–Crippen LogP) is 2.74. The Balaban J connectivity index is 2.01. The van der Waals surface area contributed by atoms with Crippen molar-refractivity contribution in [3.05, 3.63) is 23.4 Å². The van der Waals surface area contributed by atoms with Crippen molar-refractivity contribution in [2.75, 3.05) is 18.4 Å². The van der Waals surface area contributed by atoms with Crippen molar-refractivity contribution in [1.29, 1.82) is 0 Å². The Labute approximate surface area is 115 Å². The van der Waals surface area contributed by atoms with Gasteiger partial charge in [-0.15, -0.1) is 0 Å². The summed E-state index contributed by atoms with van der Waals surface area (Å²) < 4.78 is 0. The van der Waals surface area contributed by atoms with Gasteiger partial charge >= 0.3 is 0 Å². The molecule has 1 saturated carbocycles. The number of nitrogens with one attached hydrogen (secondary N) is 2. The van der Waals surface area contributed by atoms with Crippen LogP contribution in [0.4, 0.5) is 5.82 Å². The molecule has 0 radical (unpaired) electrons. The van der Waals surface area contributed by atoms with E-state index < -0.39 is 0 Å². The number of aromatic nitrogens is 1. The lowest BCUT2D eigenvalue weighted by Gasteiger charge is -2.38. The lowest BCUT2D eigenvalue weighted by atomic mass is 9.70. The van der Waals surface area contributed by atoms with Crippen LogP contribution in [-0.2, 0) is 0 Å². The van der Waals surface area contributed by atoms with E-state index in [0.717, 1.165) is 24.6 Å². The van der Waals surface area contributed by atoms with Gasteiger partial charge in [-0.05, 0) is 44.2 Å². The molecule has 0 bridgehead atoms. The van der Waals surface area contributed by atoms with Crippen molar-refractivity contribution in [3.63, 3.8) is 0 Å². The average Bonchev–Trinajstić information content (AvgIpc) is 2.33. The minimum absolute atomic E-state index is 0.00206. The zero-order chi connectivity index (χ0) is 13.9. The lowest BCUT2D eigenvalue weighted by molar-refractivity contribution is 0.0890. The minimum atomic E-state index is -0.00206. The van der Waals surface area contributed by atoms with Crippen molar-refractivity contribution in [2.45, 2.75) is 40.0 Å². The van der Waals surface area contributed by atoms with Crippen LogP contribution in [0.2, 0.25) is 0 Å². The first-order valence-electron chi connectivity index (χ1n) is 7.03. The molecule has 4 nitrogen and oxygen atoms in total. The van der Waals surface area contributed by atoms with Crippen molar-refractivity contribution in [3.8, 4) is 0 Å². The van der Waals surface area contributed by atoms with E-state index in [1.807, 2.05) is 26.0 Å². The molecule has 2 rings (SSSR count). The highest BCUT2D eigenvalue weighted by Crippen LogP contribution is 2.39. The molecular weight excluding hydrogens is 238 g/mol. The van der Waals surface area contributed by atoms with Gasteiger partial charge in [0.05, 0.1) is 0 Å². The van der Waals surface area contributed by atoms with E-state index in [4.69, 9.17) is 0 Å². The summed E-state index contributed by atoms with van der Waals surface area (Å²) >= 11 is 0. The van der Waals surface area contributed by atoms with E-state index in [2.05, 4.69) is 22.5 Å². The van der Waals surface area contributed by atoms with E-state index in [9.17, 15) is 4.79 Å². The molecule has 1 fully saturated rings. The summed E-state index contributed by atoms with van der Waals surface area (Å²) in [4.78, 5) is 16.5. The van der Waals surface area contributed by atoms with Gasteiger partial charge in [0.25, 0.3) is 5.91 Å². The second-order valence-electron chi connectivity index (χ2n) is 5.76. The van der Waals surface area contributed by atoms with E-state index in [-0.39, 0.29) is 5.91 Å². The van der Waals surface area contributed by atoms with Crippen molar-refractivity contribution in [1.82, 2.24) is 10.3 Å². The molecular formula is C15H23N3O. The number of amides is 1. The first-order valence-corrected chi connectivity index (χ1v) is 7.03. The van der Waals surface area contributed by atoms with Crippen LogP contribution in [-0.4, -0.2) is 24.0 Å². The second kappa shape index (κ2) is 5.59. The zero-order valence-electron chi connectivity index (χ0n) is 12.0. The Morgan fingerprint density at radius 3 is 2.74 bits per heavy atom. The smallest absolute Gasteiger partial charge is 0.251 e. The molecule has 0 spiro atoms. The third kappa shape index (κ3) is 3.46. The van der Waals surface area contributed by atoms with Crippen molar-refractivity contribution < 1.29 is 4.79 Å². The number of nitrogens with zero attached hydrogens (tertiary/aromatic N) is 1. The van der Waals surface area contributed by atoms with Crippen molar-refractivity contribution >= 4 is 11.7 Å². The van der Waals surface area contributed by atoms with E-state index in [1.165, 1.54) is 19.3 Å². The largest absolute Gasteiger partial charge is 0.370 e. The van der Waals surface area contributed by atoms with Gasteiger partial charge in [-0.2, -0.15) is 0 Å². The highest BCUT2D eigenvalue weighted by atomic mass is 16.1. The molecule has 0 unspecified atom stereocenters. The molecule has 2 N–H and O–H groups in total. The Hall–Kier alpha value is -1.58. The summed E-state index contributed by atoms with van der Waals surface area (Å²) in [6, 6.07) is 3.65. The maximum absolute atomic E-state index is 12.2. The zero-order valence-corrected chi connectivity index (χ0v) is 12.0. The first kappa shape index (κ1) is 13.8. The third-order valence-corrected chi connectivity index (χ3v) is 3.81. The summed E-state index contributed by atoms with van der Waals surface area (Å²) in [6.07, 6.45) is 3.71. The molecule has 0 aromatic carbocycles. The minimum Gasteiger partial charge on any atom is -0.370 e. The summed E-state index contributed by atoms with van der Waals surface area (Å²) in [5, 5.41) is 6.19. The van der Waals surface area contributed by atoms with Gasteiger partial charge in [0.1, 0.15) is 5.82 Å². The summed E-state index contributed by atoms with van der Waals surface area (Å²) in [5.41, 5.74) is 1.85. The molecule has 19 heavy (non-hydrogen) atoms. The van der Waals surface area contributed by atoms with Crippen LogP contribution in [0.1, 0.15) is 49.2 Å². The molecule has 1 heterocycles. The van der Waals surface area contributed by atoms with Gasteiger partial charge in [0.15, 0.2) is 0 Å². The fraction of sp³-hybridized carbons (Fsp3) is 0.600. The van der Waals surface area contributed by atoms with Gasteiger partial charge in [0.2, 0.25) is 0 Å². The van der Waals surface area contributed by atoms with Crippen LogP contribution in [0.3, 0.4) is 0 Å². The standard InChI is InChI=1S/C15H23N3O/c1-4-16-13-9-12(8-11(2)18-13)14(19)17-10-15(3)6-5-7-15/h8-9H,4-7,10H2,1-3H3,(H,16,18)(H,17,19). The highest BCUT2D eigenvalue weighted by Gasteiger charge is 2.31. The van der Waals surface area contributed by atoms with Gasteiger partial charge in [-0.25, -0.2) is 4.98 Å². The Kier molecular flexibility index (Phi) is 4.08. The fourth-order valence-electron chi connectivity index (χ4n) is 2.42.